The number of carbonyl (C=O) groups excluding carboxylic acids is 1. The quantitative estimate of drug-likeness (QED) is 0.672. The van der Waals surface area contributed by atoms with Gasteiger partial charge < -0.3 is 0 Å². The molecule has 0 aromatic heterocycles. The van der Waals surface area contributed by atoms with Crippen molar-refractivity contribution >= 4 is 27.3 Å². The van der Waals surface area contributed by atoms with Crippen LogP contribution in [0.25, 0.3) is 0 Å². The van der Waals surface area contributed by atoms with Gasteiger partial charge >= 0.3 is 0 Å². The van der Waals surface area contributed by atoms with Crippen molar-refractivity contribution in [2.45, 2.75) is 84.5 Å². The maximum Gasteiger partial charge on any atom is 0.260 e. The molecule has 1 aromatic rings. The molecular formula is C23H37N3O3S. The van der Waals surface area contributed by atoms with E-state index < -0.39 is 15.9 Å². The highest BCUT2D eigenvalue weighted by molar-refractivity contribution is 7.92. The number of amides is 1. The van der Waals surface area contributed by atoms with E-state index in [0.29, 0.717) is 5.69 Å². The SMILES string of the molecule is Cc1cc(C)cc(N(CC(=O)NN=C2CCCCCCCCCCC2)S(C)(=O)=O)c1. The van der Waals surface area contributed by atoms with Crippen molar-refractivity contribution in [3.05, 3.63) is 29.3 Å². The number of hydrazone groups is 1. The van der Waals surface area contributed by atoms with Gasteiger partial charge in [-0.2, -0.15) is 5.10 Å². The van der Waals surface area contributed by atoms with E-state index in [1.807, 2.05) is 19.9 Å². The molecule has 0 atom stereocenters. The number of benzene rings is 1. The van der Waals surface area contributed by atoms with Crippen LogP contribution in [0.2, 0.25) is 0 Å². The molecule has 1 fully saturated rings. The summed E-state index contributed by atoms with van der Waals surface area (Å²) in [7, 11) is -3.59. The summed E-state index contributed by atoms with van der Waals surface area (Å²) in [6.07, 6.45) is 14.0. The van der Waals surface area contributed by atoms with Crippen LogP contribution in [0.4, 0.5) is 5.69 Å². The minimum absolute atomic E-state index is 0.279. The predicted molar refractivity (Wildman–Crippen MR) is 124 cm³/mol. The summed E-state index contributed by atoms with van der Waals surface area (Å²) >= 11 is 0. The minimum atomic E-state index is -3.59. The molecule has 0 saturated heterocycles. The molecule has 1 saturated carbocycles. The number of carbonyl (C=O) groups is 1. The summed E-state index contributed by atoms with van der Waals surface area (Å²) in [4.78, 5) is 12.5. The van der Waals surface area contributed by atoms with Gasteiger partial charge in [-0.1, -0.05) is 51.0 Å². The fourth-order valence-electron chi connectivity index (χ4n) is 3.93. The summed E-state index contributed by atoms with van der Waals surface area (Å²) in [5, 5.41) is 4.37. The first-order chi connectivity index (χ1) is 14.3. The Morgan fingerprint density at radius 3 is 1.83 bits per heavy atom. The average Bonchev–Trinajstić information content (AvgIpc) is 2.64. The van der Waals surface area contributed by atoms with Gasteiger partial charge in [0.25, 0.3) is 5.91 Å². The van der Waals surface area contributed by atoms with Gasteiger partial charge in [0.1, 0.15) is 6.54 Å². The van der Waals surface area contributed by atoms with Crippen LogP contribution in [0, 0.1) is 13.8 Å². The number of rotatable bonds is 5. The van der Waals surface area contributed by atoms with Gasteiger partial charge in [0, 0.05) is 5.71 Å². The van der Waals surface area contributed by atoms with Crippen molar-refractivity contribution in [2.24, 2.45) is 5.10 Å². The third-order valence-electron chi connectivity index (χ3n) is 5.45. The van der Waals surface area contributed by atoms with Crippen molar-refractivity contribution < 1.29 is 13.2 Å². The fraction of sp³-hybridized carbons (Fsp3) is 0.652. The Morgan fingerprint density at radius 1 is 0.900 bits per heavy atom. The number of sulfonamides is 1. The van der Waals surface area contributed by atoms with E-state index in [0.717, 1.165) is 53.1 Å². The summed E-state index contributed by atoms with van der Waals surface area (Å²) in [6, 6.07) is 5.53. The van der Waals surface area contributed by atoms with Crippen molar-refractivity contribution in [1.82, 2.24) is 5.43 Å². The van der Waals surface area contributed by atoms with E-state index in [1.54, 1.807) is 12.1 Å². The van der Waals surface area contributed by atoms with Crippen LogP contribution in [0.3, 0.4) is 0 Å². The predicted octanol–water partition coefficient (Wildman–Crippen LogP) is 4.85. The fourth-order valence-corrected chi connectivity index (χ4v) is 4.77. The lowest BCUT2D eigenvalue weighted by atomic mass is 10.00. The highest BCUT2D eigenvalue weighted by Gasteiger charge is 2.21. The monoisotopic (exact) mass is 435 g/mol. The van der Waals surface area contributed by atoms with Crippen LogP contribution in [0.1, 0.15) is 81.8 Å². The van der Waals surface area contributed by atoms with Crippen molar-refractivity contribution in [2.75, 3.05) is 17.1 Å². The first kappa shape index (κ1) is 24.4. The van der Waals surface area contributed by atoms with E-state index >= 15 is 0 Å². The highest BCUT2D eigenvalue weighted by atomic mass is 32.2. The molecular weight excluding hydrogens is 398 g/mol. The second kappa shape index (κ2) is 12.1. The molecule has 2 rings (SSSR count). The Morgan fingerprint density at radius 2 is 1.37 bits per heavy atom. The molecule has 0 aliphatic heterocycles. The Labute approximate surface area is 182 Å². The Balaban J connectivity index is 2.03. The van der Waals surface area contributed by atoms with Gasteiger partial charge in [-0.15, -0.1) is 0 Å². The van der Waals surface area contributed by atoms with Crippen LogP contribution in [0.5, 0.6) is 0 Å². The molecule has 6 nitrogen and oxygen atoms in total. The third kappa shape index (κ3) is 8.86. The van der Waals surface area contributed by atoms with Gasteiger partial charge in [0.05, 0.1) is 11.9 Å². The van der Waals surface area contributed by atoms with E-state index in [2.05, 4.69) is 10.5 Å². The maximum absolute atomic E-state index is 12.5. The Bertz CT molecular complexity index is 800. The number of nitrogens with zero attached hydrogens (tertiary/aromatic N) is 2. The zero-order valence-corrected chi connectivity index (χ0v) is 19.6. The topological polar surface area (TPSA) is 78.8 Å². The maximum atomic E-state index is 12.5. The van der Waals surface area contributed by atoms with Gasteiger partial charge in [-0.05, 0) is 62.8 Å². The third-order valence-corrected chi connectivity index (χ3v) is 6.59. The molecule has 0 spiro atoms. The van der Waals surface area contributed by atoms with Crippen molar-refractivity contribution in [3.8, 4) is 0 Å². The summed E-state index contributed by atoms with van der Waals surface area (Å²) < 4.78 is 25.8. The smallest absolute Gasteiger partial charge is 0.260 e. The molecule has 7 heteroatoms. The van der Waals surface area contributed by atoms with Crippen LogP contribution < -0.4 is 9.73 Å². The van der Waals surface area contributed by atoms with Crippen molar-refractivity contribution in [3.63, 3.8) is 0 Å². The first-order valence-corrected chi connectivity index (χ1v) is 13.0. The lowest BCUT2D eigenvalue weighted by molar-refractivity contribution is -0.119. The number of anilines is 1. The highest BCUT2D eigenvalue weighted by Crippen LogP contribution is 2.21. The van der Waals surface area contributed by atoms with Crippen LogP contribution in [-0.4, -0.2) is 32.8 Å². The Hall–Kier alpha value is -1.89. The summed E-state index contributed by atoms with van der Waals surface area (Å²) in [5.41, 5.74) is 6.03. The number of hydrogen-bond acceptors (Lipinski definition) is 4. The lowest BCUT2D eigenvalue weighted by Gasteiger charge is -2.22. The van der Waals surface area contributed by atoms with Crippen molar-refractivity contribution in [1.29, 1.82) is 0 Å². The van der Waals surface area contributed by atoms with Gasteiger partial charge in [0.2, 0.25) is 10.0 Å². The molecule has 1 amide bonds. The largest absolute Gasteiger partial charge is 0.271 e. The van der Waals surface area contributed by atoms with Crippen LogP contribution >= 0.6 is 0 Å². The molecule has 168 valence electrons. The molecule has 0 heterocycles. The van der Waals surface area contributed by atoms with E-state index in [1.165, 1.54) is 44.9 Å². The molecule has 1 aliphatic rings. The minimum Gasteiger partial charge on any atom is -0.271 e. The zero-order chi connectivity index (χ0) is 22.0. The van der Waals surface area contributed by atoms with E-state index in [-0.39, 0.29) is 6.54 Å². The number of aryl methyl sites for hydroxylation is 2. The molecule has 0 radical (unpaired) electrons. The molecule has 0 bridgehead atoms. The summed E-state index contributed by atoms with van der Waals surface area (Å²) in [5.74, 6) is -0.418. The van der Waals surface area contributed by atoms with Crippen LogP contribution in [-0.2, 0) is 14.8 Å². The van der Waals surface area contributed by atoms with Gasteiger partial charge in [-0.25, -0.2) is 13.8 Å². The molecule has 0 unspecified atom stereocenters. The number of nitrogens with one attached hydrogen (secondary N) is 1. The molecule has 1 aromatic carbocycles. The normalized spacial score (nSPS) is 16.8. The molecule has 30 heavy (non-hydrogen) atoms. The van der Waals surface area contributed by atoms with E-state index in [4.69, 9.17) is 0 Å². The second-order valence-electron chi connectivity index (χ2n) is 8.51. The zero-order valence-electron chi connectivity index (χ0n) is 18.7. The van der Waals surface area contributed by atoms with E-state index in [9.17, 15) is 13.2 Å². The number of hydrogen-bond donors (Lipinski definition) is 1. The molecule has 1 N–H and O–H groups in total. The lowest BCUT2D eigenvalue weighted by Crippen LogP contribution is -2.39. The standard InChI is InChI=1S/C23H37N3O3S/c1-19-15-20(2)17-22(16-19)26(30(3,28)29)18-23(27)25-24-21-13-11-9-7-5-4-6-8-10-12-14-21/h15-17H,4-14,18H2,1-3H3,(H,25,27). The average molecular weight is 436 g/mol. The van der Waals surface area contributed by atoms with Gasteiger partial charge in [-0.3, -0.25) is 9.10 Å². The Kier molecular flexibility index (Phi) is 9.82. The second-order valence-corrected chi connectivity index (χ2v) is 10.4. The molecule has 1 aliphatic carbocycles. The van der Waals surface area contributed by atoms with Gasteiger partial charge in [0.15, 0.2) is 0 Å². The summed E-state index contributed by atoms with van der Waals surface area (Å²) in [6.45, 7) is 3.54. The first-order valence-electron chi connectivity index (χ1n) is 11.2. The van der Waals surface area contributed by atoms with Crippen LogP contribution in [0.15, 0.2) is 23.3 Å².